The van der Waals surface area contributed by atoms with Gasteiger partial charge in [0, 0.05) is 12.6 Å². The van der Waals surface area contributed by atoms with E-state index in [0.29, 0.717) is 11.3 Å². The lowest BCUT2D eigenvalue weighted by atomic mass is 10.2. The minimum Gasteiger partial charge on any atom is -0.264 e. The summed E-state index contributed by atoms with van der Waals surface area (Å²) in [5, 5.41) is 15.7. The molecule has 5 heteroatoms. The molecule has 1 heterocycles. The second kappa shape index (κ2) is 3.30. The Balaban J connectivity index is 2.11. The number of hydrogen-bond donors (Lipinski definition) is 0. The van der Waals surface area contributed by atoms with Crippen LogP contribution in [0.25, 0.3) is 10.9 Å². The summed E-state index contributed by atoms with van der Waals surface area (Å²) in [4.78, 5) is 10.5. The molecule has 1 aliphatic rings. The molecule has 0 amide bonds. The van der Waals surface area contributed by atoms with Gasteiger partial charge < -0.3 is 0 Å². The first-order valence-electron chi connectivity index (χ1n) is 5.34. The van der Waals surface area contributed by atoms with Crippen LogP contribution in [0.5, 0.6) is 0 Å². The molecule has 5 nitrogen and oxygen atoms in total. The van der Waals surface area contributed by atoms with Crippen molar-refractivity contribution < 1.29 is 4.92 Å². The first-order chi connectivity index (χ1) is 7.75. The average Bonchev–Trinajstić information content (AvgIpc) is 2.98. The van der Waals surface area contributed by atoms with Crippen molar-refractivity contribution in [3.63, 3.8) is 0 Å². The van der Waals surface area contributed by atoms with Gasteiger partial charge in [-0.15, -0.1) is 0 Å². The van der Waals surface area contributed by atoms with Gasteiger partial charge in [-0.1, -0.05) is 6.07 Å². The number of rotatable bonds is 3. The topological polar surface area (TPSA) is 61.0 Å². The van der Waals surface area contributed by atoms with Crippen molar-refractivity contribution in [2.75, 3.05) is 0 Å². The number of fused-ring (bicyclic) bond motifs is 1. The minimum atomic E-state index is -0.356. The molecule has 1 saturated carbocycles. The van der Waals surface area contributed by atoms with E-state index < -0.39 is 0 Å². The second-order valence-corrected chi connectivity index (χ2v) is 4.24. The Labute approximate surface area is 91.8 Å². The van der Waals surface area contributed by atoms with Gasteiger partial charge in [0.25, 0.3) is 5.69 Å². The van der Waals surface area contributed by atoms with Crippen molar-refractivity contribution in [1.82, 2.24) is 9.78 Å². The maximum Gasteiger partial charge on any atom is 0.280 e. The van der Waals surface area contributed by atoms with E-state index in [2.05, 4.69) is 5.10 Å². The Morgan fingerprint density at radius 2 is 2.31 bits per heavy atom. The highest BCUT2D eigenvalue weighted by Gasteiger charge is 2.23. The molecule has 1 aromatic heterocycles. The highest BCUT2D eigenvalue weighted by Crippen LogP contribution is 2.32. The monoisotopic (exact) mass is 217 g/mol. The summed E-state index contributed by atoms with van der Waals surface area (Å²) in [6.07, 6.45) is 4.09. The van der Waals surface area contributed by atoms with Crippen molar-refractivity contribution in [1.29, 1.82) is 0 Å². The number of hydrogen-bond acceptors (Lipinski definition) is 3. The Morgan fingerprint density at radius 3 is 3.00 bits per heavy atom. The van der Waals surface area contributed by atoms with E-state index in [1.54, 1.807) is 12.3 Å². The fraction of sp³-hybridized carbons (Fsp3) is 0.364. The van der Waals surface area contributed by atoms with Gasteiger partial charge in [-0.2, -0.15) is 5.10 Å². The molecule has 0 bridgehead atoms. The number of aromatic nitrogens is 2. The van der Waals surface area contributed by atoms with Crippen molar-refractivity contribution in [3.05, 3.63) is 34.5 Å². The Morgan fingerprint density at radius 1 is 1.50 bits per heavy atom. The van der Waals surface area contributed by atoms with Crippen LogP contribution in [0, 0.1) is 16.0 Å². The van der Waals surface area contributed by atoms with Crippen LogP contribution in [0.1, 0.15) is 12.8 Å². The number of benzene rings is 1. The first-order valence-corrected chi connectivity index (χ1v) is 5.34. The van der Waals surface area contributed by atoms with Gasteiger partial charge in [0.15, 0.2) is 0 Å². The van der Waals surface area contributed by atoms with Crippen LogP contribution in [0.15, 0.2) is 24.4 Å². The predicted octanol–water partition coefficient (Wildman–Crippen LogP) is 2.35. The van der Waals surface area contributed by atoms with Crippen molar-refractivity contribution in [3.8, 4) is 0 Å². The molecule has 16 heavy (non-hydrogen) atoms. The van der Waals surface area contributed by atoms with Gasteiger partial charge in [0.1, 0.15) is 0 Å². The summed E-state index contributed by atoms with van der Waals surface area (Å²) in [5.41, 5.74) is 1.00. The summed E-state index contributed by atoms with van der Waals surface area (Å²) in [6, 6.07) is 5.12. The summed E-state index contributed by atoms with van der Waals surface area (Å²) < 4.78 is 1.88. The lowest BCUT2D eigenvalue weighted by Gasteiger charge is -2.00. The normalized spacial score (nSPS) is 15.5. The Kier molecular flexibility index (Phi) is 1.92. The van der Waals surface area contributed by atoms with E-state index in [0.717, 1.165) is 12.1 Å². The third-order valence-electron chi connectivity index (χ3n) is 2.99. The summed E-state index contributed by atoms with van der Waals surface area (Å²) in [5.74, 6) is 0.711. The van der Waals surface area contributed by atoms with Crippen LogP contribution in [0.2, 0.25) is 0 Å². The number of nitrogens with zero attached hydrogens (tertiary/aromatic N) is 3. The molecule has 0 atom stereocenters. The van der Waals surface area contributed by atoms with Gasteiger partial charge >= 0.3 is 0 Å². The van der Waals surface area contributed by atoms with Crippen molar-refractivity contribution in [2.45, 2.75) is 19.4 Å². The van der Waals surface area contributed by atoms with E-state index in [9.17, 15) is 10.1 Å². The summed E-state index contributed by atoms with van der Waals surface area (Å²) in [7, 11) is 0. The lowest BCUT2D eigenvalue weighted by Crippen LogP contribution is -2.01. The molecular formula is C11H11N3O2. The molecule has 3 rings (SSSR count). The largest absolute Gasteiger partial charge is 0.280 e. The zero-order valence-corrected chi connectivity index (χ0v) is 8.67. The molecule has 0 saturated heterocycles. The van der Waals surface area contributed by atoms with E-state index in [4.69, 9.17) is 0 Å². The number of non-ortho nitro benzene ring substituents is 1. The van der Waals surface area contributed by atoms with E-state index in [-0.39, 0.29) is 10.6 Å². The fourth-order valence-electron chi connectivity index (χ4n) is 1.94. The van der Waals surface area contributed by atoms with Gasteiger partial charge in [0.05, 0.1) is 22.0 Å². The van der Waals surface area contributed by atoms with Crippen molar-refractivity contribution >= 4 is 16.6 Å². The molecule has 0 N–H and O–H groups in total. The fourth-order valence-corrected chi connectivity index (χ4v) is 1.94. The van der Waals surface area contributed by atoms with Crippen LogP contribution < -0.4 is 0 Å². The number of nitro groups is 1. The molecule has 2 aromatic rings. The highest BCUT2D eigenvalue weighted by molar-refractivity contribution is 5.87. The zero-order chi connectivity index (χ0) is 11.1. The molecular weight excluding hydrogens is 206 g/mol. The quantitative estimate of drug-likeness (QED) is 0.585. The van der Waals surface area contributed by atoms with Gasteiger partial charge in [0.2, 0.25) is 0 Å². The molecule has 1 aliphatic carbocycles. The van der Waals surface area contributed by atoms with Gasteiger partial charge in [-0.05, 0) is 24.8 Å². The molecule has 1 fully saturated rings. The smallest absolute Gasteiger partial charge is 0.264 e. The summed E-state index contributed by atoms with van der Waals surface area (Å²) in [6.45, 7) is 0.880. The maximum absolute atomic E-state index is 10.8. The van der Waals surface area contributed by atoms with Crippen molar-refractivity contribution in [2.24, 2.45) is 5.92 Å². The standard InChI is InChI=1S/C11H11N3O2/c15-14(16)11-3-1-2-10-9(11)6-12-13(10)7-8-4-5-8/h1-3,6,8H,4-5,7H2. The average molecular weight is 217 g/mol. The van der Waals surface area contributed by atoms with Crippen LogP contribution in [-0.2, 0) is 6.54 Å². The highest BCUT2D eigenvalue weighted by atomic mass is 16.6. The third-order valence-corrected chi connectivity index (χ3v) is 2.99. The summed E-state index contributed by atoms with van der Waals surface area (Å²) >= 11 is 0. The van der Waals surface area contributed by atoms with Crippen LogP contribution in [-0.4, -0.2) is 14.7 Å². The van der Waals surface area contributed by atoms with E-state index in [1.165, 1.54) is 18.9 Å². The molecule has 0 radical (unpaired) electrons. The predicted molar refractivity (Wildman–Crippen MR) is 59.1 cm³/mol. The molecule has 0 aliphatic heterocycles. The number of nitro benzene ring substituents is 1. The Bertz CT molecular complexity index is 557. The van der Waals surface area contributed by atoms with Gasteiger partial charge in [-0.3, -0.25) is 14.8 Å². The zero-order valence-electron chi connectivity index (χ0n) is 8.67. The molecule has 82 valence electrons. The first kappa shape index (κ1) is 9.33. The Hall–Kier alpha value is -1.91. The molecule has 1 aromatic carbocycles. The lowest BCUT2D eigenvalue weighted by molar-refractivity contribution is -0.383. The van der Waals surface area contributed by atoms with E-state index >= 15 is 0 Å². The van der Waals surface area contributed by atoms with E-state index in [1.807, 2.05) is 10.7 Å². The minimum absolute atomic E-state index is 0.138. The maximum atomic E-state index is 10.8. The molecule has 0 unspecified atom stereocenters. The third kappa shape index (κ3) is 1.44. The van der Waals surface area contributed by atoms with Crippen LogP contribution >= 0.6 is 0 Å². The molecule has 0 spiro atoms. The van der Waals surface area contributed by atoms with Crippen LogP contribution in [0.4, 0.5) is 5.69 Å². The SMILES string of the molecule is O=[N+]([O-])c1cccc2c1cnn2CC1CC1. The second-order valence-electron chi connectivity index (χ2n) is 4.24. The van der Waals surface area contributed by atoms with Crippen LogP contribution in [0.3, 0.4) is 0 Å². The van der Waals surface area contributed by atoms with Gasteiger partial charge in [-0.25, -0.2) is 0 Å².